The molecule has 0 saturated carbocycles. The highest BCUT2D eigenvalue weighted by Gasteiger charge is 2.17. The van der Waals surface area contributed by atoms with Crippen LogP contribution in [0.2, 0.25) is 0 Å². The molecule has 1 amide bonds. The van der Waals surface area contributed by atoms with E-state index >= 15 is 0 Å². The van der Waals surface area contributed by atoms with Gasteiger partial charge >= 0.3 is 0 Å². The van der Waals surface area contributed by atoms with Gasteiger partial charge in [-0.25, -0.2) is 5.10 Å². The van der Waals surface area contributed by atoms with Gasteiger partial charge in [0.1, 0.15) is 0 Å². The maximum atomic E-state index is 12.2. The molecular formula is C13H17N5OS. The number of benzene rings is 1. The molecule has 0 aliphatic heterocycles. The van der Waals surface area contributed by atoms with Crippen molar-refractivity contribution in [3.63, 3.8) is 0 Å². The Hall–Kier alpha value is -2.02. The van der Waals surface area contributed by atoms with Crippen LogP contribution in [0, 0.1) is 13.8 Å². The molecule has 106 valence electrons. The molecule has 0 fully saturated rings. The first-order valence-electron chi connectivity index (χ1n) is 6.18. The number of nitrogen functional groups attached to an aromatic ring is 1. The molecule has 0 radical (unpaired) electrons. The topological polar surface area (TPSA) is 96.7 Å². The fourth-order valence-electron chi connectivity index (χ4n) is 1.63. The lowest BCUT2D eigenvalue weighted by Gasteiger charge is -2.12. The smallest absolute Gasteiger partial charge is 0.237 e. The third-order valence-electron chi connectivity index (χ3n) is 2.78. The van der Waals surface area contributed by atoms with E-state index in [9.17, 15) is 4.79 Å². The van der Waals surface area contributed by atoms with Crippen molar-refractivity contribution in [3.05, 3.63) is 29.3 Å². The summed E-state index contributed by atoms with van der Waals surface area (Å²) in [7, 11) is 0. The SMILES string of the molecule is Cc1ccc(C)c(NC(=O)[C@H](C)Sc2n[nH]c(N)n2)c1. The predicted molar refractivity (Wildman–Crippen MR) is 80.7 cm³/mol. The van der Waals surface area contributed by atoms with Crippen LogP contribution in [0.1, 0.15) is 18.1 Å². The Balaban J connectivity index is 2.02. The normalized spacial score (nSPS) is 12.2. The number of nitrogens with one attached hydrogen (secondary N) is 2. The van der Waals surface area contributed by atoms with E-state index in [4.69, 9.17) is 5.73 Å². The molecule has 6 nitrogen and oxygen atoms in total. The van der Waals surface area contributed by atoms with E-state index in [0.717, 1.165) is 16.8 Å². The third-order valence-corrected chi connectivity index (χ3v) is 3.75. The molecule has 20 heavy (non-hydrogen) atoms. The second kappa shape index (κ2) is 5.96. The van der Waals surface area contributed by atoms with Gasteiger partial charge in [0.25, 0.3) is 0 Å². The molecule has 2 rings (SSSR count). The Morgan fingerprint density at radius 3 is 2.85 bits per heavy atom. The van der Waals surface area contributed by atoms with Gasteiger partial charge in [0.05, 0.1) is 5.25 Å². The number of nitrogens with zero attached hydrogens (tertiary/aromatic N) is 2. The van der Waals surface area contributed by atoms with Crippen LogP contribution >= 0.6 is 11.8 Å². The van der Waals surface area contributed by atoms with Crippen molar-refractivity contribution in [3.8, 4) is 0 Å². The standard InChI is InChI=1S/C13H17N5OS/c1-7-4-5-8(2)10(6-7)15-11(19)9(3)20-13-16-12(14)17-18-13/h4-6,9H,1-3H3,(H,15,19)(H3,14,16,17,18)/t9-/m0/s1. The Labute approximate surface area is 121 Å². The van der Waals surface area contributed by atoms with Crippen molar-refractivity contribution in [1.82, 2.24) is 15.2 Å². The van der Waals surface area contributed by atoms with E-state index in [1.165, 1.54) is 11.8 Å². The van der Waals surface area contributed by atoms with Crippen LogP contribution in [0.5, 0.6) is 0 Å². The minimum Gasteiger partial charge on any atom is -0.368 e. The van der Waals surface area contributed by atoms with E-state index in [1.54, 1.807) is 6.92 Å². The van der Waals surface area contributed by atoms with E-state index in [-0.39, 0.29) is 17.1 Å². The minimum atomic E-state index is -0.315. The molecular weight excluding hydrogens is 274 g/mol. The number of thioether (sulfide) groups is 1. The average Bonchev–Trinajstić information content (AvgIpc) is 2.79. The van der Waals surface area contributed by atoms with Gasteiger partial charge in [0.2, 0.25) is 17.0 Å². The molecule has 0 saturated heterocycles. The van der Waals surface area contributed by atoms with Gasteiger partial charge < -0.3 is 11.1 Å². The van der Waals surface area contributed by atoms with Gasteiger partial charge in [-0.15, -0.1) is 5.10 Å². The Morgan fingerprint density at radius 2 is 2.20 bits per heavy atom. The summed E-state index contributed by atoms with van der Waals surface area (Å²) in [5.41, 5.74) is 8.41. The van der Waals surface area contributed by atoms with Crippen molar-refractivity contribution >= 4 is 29.3 Å². The fourth-order valence-corrected chi connectivity index (χ4v) is 2.36. The molecule has 4 N–H and O–H groups in total. The van der Waals surface area contributed by atoms with Crippen LogP contribution in [0.4, 0.5) is 11.6 Å². The number of hydrogen-bond donors (Lipinski definition) is 3. The highest BCUT2D eigenvalue weighted by molar-refractivity contribution is 8.00. The number of hydrogen-bond acceptors (Lipinski definition) is 5. The average molecular weight is 291 g/mol. The van der Waals surface area contributed by atoms with Gasteiger partial charge in [-0.3, -0.25) is 4.79 Å². The number of nitrogens with two attached hydrogens (primary N) is 1. The summed E-state index contributed by atoms with van der Waals surface area (Å²) < 4.78 is 0. The number of aryl methyl sites for hydroxylation is 2. The Kier molecular flexibility index (Phi) is 4.29. The van der Waals surface area contributed by atoms with Crippen LogP contribution in [-0.2, 0) is 4.79 Å². The Morgan fingerprint density at radius 1 is 1.45 bits per heavy atom. The lowest BCUT2D eigenvalue weighted by atomic mass is 10.1. The van der Waals surface area contributed by atoms with Gasteiger partial charge in [-0.1, -0.05) is 23.9 Å². The zero-order valence-electron chi connectivity index (χ0n) is 11.6. The maximum absolute atomic E-state index is 12.2. The van der Waals surface area contributed by atoms with Crippen molar-refractivity contribution in [2.45, 2.75) is 31.2 Å². The number of carbonyl (C=O) groups is 1. The van der Waals surface area contributed by atoms with E-state index in [1.807, 2.05) is 32.0 Å². The molecule has 1 atom stereocenters. The summed E-state index contributed by atoms with van der Waals surface area (Å²) in [6.07, 6.45) is 0. The van der Waals surface area contributed by atoms with Crippen LogP contribution in [0.25, 0.3) is 0 Å². The summed E-state index contributed by atoms with van der Waals surface area (Å²) in [5, 5.41) is 9.51. The first-order chi connectivity index (χ1) is 9.45. The predicted octanol–water partition coefficient (Wildman–Crippen LogP) is 2.12. The second-order valence-electron chi connectivity index (χ2n) is 4.57. The molecule has 0 spiro atoms. The number of aromatic amines is 1. The molecule has 2 aromatic rings. The van der Waals surface area contributed by atoms with Crippen LogP contribution < -0.4 is 11.1 Å². The molecule has 0 unspecified atom stereocenters. The van der Waals surface area contributed by atoms with E-state index in [2.05, 4.69) is 20.5 Å². The number of H-pyrrole nitrogens is 1. The first-order valence-corrected chi connectivity index (χ1v) is 7.06. The van der Waals surface area contributed by atoms with E-state index in [0.29, 0.717) is 5.16 Å². The van der Waals surface area contributed by atoms with Gasteiger partial charge in [0, 0.05) is 5.69 Å². The largest absolute Gasteiger partial charge is 0.368 e. The number of amides is 1. The zero-order chi connectivity index (χ0) is 14.7. The highest BCUT2D eigenvalue weighted by atomic mass is 32.2. The quantitative estimate of drug-likeness (QED) is 0.750. The Bertz CT molecular complexity index is 625. The summed E-state index contributed by atoms with van der Waals surface area (Å²) >= 11 is 1.26. The summed E-state index contributed by atoms with van der Waals surface area (Å²) in [5.74, 6) is 0.154. The monoisotopic (exact) mass is 291 g/mol. The first kappa shape index (κ1) is 14.4. The minimum absolute atomic E-state index is 0.0907. The van der Waals surface area contributed by atoms with Gasteiger partial charge in [-0.05, 0) is 38.0 Å². The number of carbonyl (C=O) groups excluding carboxylic acids is 1. The van der Waals surface area contributed by atoms with Crippen molar-refractivity contribution in [1.29, 1.82) is 0 Å². The van der Waals surface area contributed by atoms with Gasteiger partial charge in [0.15, 0.2) is 0 Å². The molecule has 1 aromatic carbocycles. The molecule has 0 aliphatic rings. The number of anilines is 2. The molecule has 1 heterocycles. The van der Waals surface area contributed by atoms with Crippen LogP contribution in [-0.4, -0.2) is 26.3 Å². The molecule has 7 heteroatoms. The summed E-state index contributed by atoms with van der Waals surface area (Å²) in [6, 6.07) is 5.95. The number of aromatic nitrogens is 3. The zero-order valence-corrected chi connectivity index (χ0v) is 12.4. The van der Waals surface area contributed by atoms with Crippen LogP contribution in [0.15, 0.2) is 23.4 Å². The van der Waals surface area contributed by atoms with Crippen LogP contribution in [0.3, 0.4) is 0 Å². The van der Waals surface area contributed by atoms with E-state index < -0.39 is 0 Å². The second-order valence-corrected chi connectivity index (χ2v) is 5.88. The van der Waals surface area contributed by atoms with Crippen molar-refractivity contribution in [2.75, 3.05) is 11.1 Å². The summed E-state index contributed by atoms with van der Waals surface area (Å²) in [4.78, 5) is 16.1. The number of rotatable bonds is 4. The van der Waals surface area contributed by atoms with Crippen molar-refractivity contribution in [2.24, 2.45) is 0 Å². The van der Waals surface area contributed by atoms with Crippen molar-refractivity contribution < 1.29 is 4.79 Å². The van der Waals surface area contributed by atoms with Gasteiger partial charge in [-0.2, -0.15) is 4.98 Å². The molecule has 1 aromatic heterocycles. The molecule has 0 aliphatic carbocycles. The summed E-state index contributed by atoms with van der Waals surface area (Å²) in [6.45, 7) is 5.75. The highest BCUT2D eigenvalue weighted by Crippen LogP contribution is 2.22. The molecule has 0 bridgehead atoms. The maximum Gasteiger partial charge on any atom is 0.237 e. The lowest BCUT2D eigenvalue weighted by Crippen LogP contribution is -2.23. The lowest BCUT2D eigenvalue weighted by molar-refractivity contribution is -0.115. The fraction of sp³-hybridized carbons (Fsp3) is 0.308. The third kappa shape index (κ3) is 3.51.